The molecule has 0 spiro atoms. The summed E-state index contributed by atoms with van der Waals surface area (Å²) in [6.45, 7) is 8.19. The molecule has 1 aliphatic rings. The van der Waals surface area contributed by atoms with E-state index in [1.165, 1.54) is 5.56 Å². The molecule has 1 aliphatic carbocycles. The minimum Gasteiger partial charge on any atom is -0.444 e. The molecular formula is C24H31NO3. The Morgan fingerprint density at radius 1 is 0.964 bits per heavy atom. The number of carbonyl (C=O) groups excluding carboxylic acids is 1. The summed E-state index contributed by atoms with van der Waals surface area (Å²) in [6.07, 6.45) is 1.90. The van der Waals surface area contributed by atoms with Crippen molar-refractivity contribution in [3.63, 3.8) is 0 Å². The summed E-state index contributed by atoms with van der Waals surface area (Å²) in [6, 6.07) is 20.3. The zero-order valence-corrected chi connectivity index (χ0v) is 17.2. The van der Waals surface area contributed by atoms with Crippen LogP contribution < -0.4 is 0 Å². The van der Waals surface area contributed by atoms with Gasteiger partial charge >= 0.3 is 6.09 Å². The predicted octanol–water partition coefficient (Wildman–Crippen LogP) is 5.42. The van der Waals surface area contributed by atoms with Gasteiger partial charge in [0.05, 0.1) is 13.2 Å². The SMILES string of the molecule is CC(C)(C)OC(=O)N(Cc1ccccc1)CC1(COCc2ccccc2)CC1. The molecule has 2 aromatic carbocycles. The highest BCUT2D eigenvalue weighted by Crippen LogP contribution is 2.47. The smallest absolute Gasteiger partial charge is 0.410 e. The molecular weight excluding hydrogens is 350 g/mol. The minimum absolute atomic E-state index is 0.0421. The molecule has 0 unspecified atom stereocenters. The summed E-state index contributed by atoms with van der Waals surface area (Å²) in [5.41, 5.74) is 1.81. The van der Waals surface area contributed by atoms with Gasteiger partial charge in [0.1, 0.15) is 5.60 Å². The third-order valence-electron chi connectivity index (χ3n) is 4.87. The highest BCUT2D eigenvalue weighted by atomic mass is 16.6. The molecule has 0 N–H and O–H groups in total. The highest BCUT2D eigenvalue weighted by Gasteiger charge is 2.45. The lowest BCUT2D eigenvalue weighted by Gasteiger charge is -2.30. The molecule has 0 bridgehead atoms. The first-order valence-corrected chi connectivity index (χ1v) is 9.99. The van der Waals surface area contributed by atoms with E-state index < -0.39 is 5.60 Å². The van der Waals surface area contributed by atoms with Gasteiger partial charge < -0.3 is 14.4 Å². The zero-order valence-electron chi connectivity index (χ0n) is 17.2. The molecule has 4 heteroatoms. The maximum Gasteiger partial charge on any atom is 0.410 e. The molecule has 0 aromatic heterocycles. The van der Waals surface area contributed by atoms with Gasteiger partial charge in [-0.25, -0.2) is 4.79 Å². The number of benzene rings is 2. The fourth-order valence-electron chi connectivity index (χ4n) is 3.20. The first-order chi connectivity index (χ1) is 13.4. The van der Waals surface area contributed by atoms with E-state index in [0.717, 1.165) is 18.4 Å². The van der Waals surface area contributed by atoms with E-state index in [0.29, 0.717) is 26.3 Å². The van der Waals surface area contributed by atoms with Crippen molar-refractivity contribution >= 4 is 6.09 Å². The summed E-state index contributed by atoms with van der Waals surface area (Å²) in [5, 5.41) is 0. The van der Waals surface area contributed by atoms with E-state index >= 15 is 0 Å². The van der Waals surface area contributed by atoms with Gasteiger partial charge in [-0.15, -0.1) is 0 Å². The van der Waals surface area contributed by atoms with Crippen LogP contribution in [-0.4, -0.2) is 29.7 Å². The van der Waals surface area contributed by atoms with Crippen molar-refractivity contribution in [2.75, 3.05) is 13.2 Å². The minimum atomic E-state index is -0.507. The Bertz CT molecular complexity index is 748. The van der Waals surface area contributed by atoms with E-state index in [1.807, 2.05) is 74.2 Å². The number of carbonyl (C=O) groups is 1. The second-order valence-corrected chi connectivity index (χ2v) is 8.80. The molecule has 0 saturated heterocycles. The van der Waals surface area contributed by atoms with Crippen molar-refractivity contribution in [3.05, 3.63) is 71.8 Å². The van der Waals surface area contributed by atoms with E-state index in [4.69, 9.17) is 9.47 Å². The zero-order chi connectivity index (χ0) is 20.0. The van der Waals surface area contributed by atoms with Crippen LogP contribution in [0.15, 0.2) is 60.7 Å². The van der Waals surface area contributed by atoms with E-state index in [9.17, 15) is 4.79 Å². The fourth-order valence-corrected chi connectivity index (χ4v) is 3.20. The molecule has 3 rings (SSSR count). The van der Waals surface area contributed by atoms with Crippen LogP contribution in [-0.2, 0) is 22.6 Å². The summed E-state index contributed by atoms with van der Waals surface area (Å²) in [4.78, 5) is 14.7. The maximum absolute atomic E-state index is 12.8. The van der Waals surface area contributed by atoms with Gasteiger partial charge in [-0.2, -0.15) is 0 Å². The van der Waals surface area contributed by atoms with Crippen molar-refractivity contribution in [2.24, 2.45) is 5.41 Å². The monoisotopic (exact) mass is 381 g/mol. The average Bonchev–Trinajstić information content (AvgIpc) is 3.41. The quantitative estimate of drug-likeness (QED) is 0.613. The van der Waals surface area contributed by atoms with Gasteiger partial charge in [0.2, 0.25) is 0 Å². The maximum atomic E-state index is 12.8. The molecule has 0 aliphatic heterocycles. The second-order valence-electron chi connectivity index (χ2n) is 8.80. The van der Waals surface area contributed by atoms with Crippen LogP contribution in [0.4, 0.5) is 4.79 Å². The Kier molecular flexibility index (Phi) is 6.40. The Morgan fingerprint density at radius 2 is 1.54 bits per heavy atom. The van der Waals surface area contributed by atoms with Crippen LogP contribution >= 0.6 is 0 Å². The number of nitrogens with zero attached hydrogens (tertiary/aromatic N) is 1. The summed E-state index contributed by atoms with van der Waals surface area (Å²) >= 11 is 0. The normalized spacial score (nSPS) is 15.1. The van der Waals surface area contributed by atoms with Crippen LogP contribution in [0.25, 0.3) is 0 Å². The molecule has 0 heterocycles. The average molecular weight is 382 g/mol. The first-order valence-electron chi connectivity index (χ1n) is 9.99. The third kappa shape index (κ3) is 6.38. The van der Waals surface area contributed by atoms with Crippen molar-refractivity contribution in [2.45, 2.75) is 52.4 Å². The molecule has 150 valence electrons. The van der Waals surface area contributed by atoms with Crippen molar-refractivity contribution in [3.8, 4) is 0 Å². The highest BCUT2D eigenvalue weighted by molar-refractivity contribution is 5.68. The fraction of sp³-hybridized carbons (Fsp3) is 0.458. The molecule has 28 heavy (non-hydrogen) atoms. The molecule has 4 nitrogen and oxygen atoms in total. The molecule has 1 amide bonds. The molecule has 0 atom stereocenters. The van der Waals surface area contributed by atoms with Gasteiger partial charge in [-0.1, -0.05) is 60.7 Å². The van der Waals surface area contributed by atoms with Crippen LogP contribution in [0.2, 0.25) is 0 Å². The number of hydrogen-bond donors (Lipinski definition) is 0. The van der Waals surface area contributed by atoms with Crippen molar-refractivity contribution in [1.82, 2.24) is 4.90 Å². The number of hydrogen-bond acceptors (Lipinski definition) is 3. The first kappa shape index (κ1) is 20.4. The van der Waals surface area contributed by atoms with E-state index in [2.05, 4.69) is 12.1 Å². The summed E-state index contributed by atoms with van der Waals surface area (Å²) in [7, 11) is 0. The standard InChI is InChI=1S/C24H31NO3/c1-23(2,3)28-22(26)25(16-20-10-6-4-7-11-20)18-24(14-15-24)19-27-17-21-12-8-5-9-13-21/h4-13H,14-19H2,1-3H3. The van der Waals surface area contributed by atoms with Crippen molar-refractivity contribution in [1.29, 1.82) is 0 Å². The van der Waals surface area contributed by atoms with Gasteiger partial charge in [0, 0.05) is 18.5 Å². The largest absolute Gasteiger partial charge is 0.444 e. The Labute approximate surface area is 168 Å². The van der Waals surface area contributed by atoms with Crippen LogP contribution in [0.1, 0.15) is 44.7 Å². The van der Waals surface area contributed by atoms with Gasteiger partial charge in [0.25, 0.3) is 0 Å². The molecule has 0 radical (unpaired) electrons. The van der Waals surface area contributed by atoms with E-state index in [1.54, 1.807) is 0 Å². The van der Waals surface area contributed by atoms with Gasteiger partial charge in [-0.05, 0) is 44.7 Å². The number of ether oxygens (including phenoxy) is 2. The second kappa shape index (κ2) is 8.78. The Hall–Kier alpha value is -2.33. The lowest BCUT2D eigenvalue weighted by molar-refractivity contribution is 0.0104. The predicted molar refractivity (Wildman–Crippen MR) is 111 cm³/mol. The Morgan fingerprint density at radius 3 is 2.07 bits per heavy atom. The summed E-state index contributed by atoms with van der Waals surface area (Å²) in [5.74, 6) is 0. The number of rotatable bonds is 8. The van der Waals surface area contributed by atoms with Crippen LogP contribution in [0, 0.1) is 5.41 Å². The third-order valence-corrected chi connectivity index (χ3v) is 4.87. The van der Waals surface area contributed by atoms with Gasteiger partial charge in [0.15, 0.2) is 0 Å². The lowest BCUT2D eigenvalue weighted by Crippen LogP contribution is -2.40. The molecule has 1 saturated carbocycles. The summed E-state index contributed by atoms with van der Waals surface area (Å²) < 4.78 is 11.7. The van der Waals surface area contributed by atoms with Crippen molar-refractivity contribution < 1.29 is 14.3 Å². The van der Waals surface area contributed by atoms with Crippen LogP contribution in [0.5, 0.6) is 0 Å². The Balaban J connectivity index is 1.61. The van der Waals surface area contributed by atoms with Gasteiger partial charge in [-0.3, -0.25) is 0 Å². The number of amides is 1. The van der Waals surface area contributed by atoms with E-state index in [-0.39, 0.29) is 11.5 Å². The van der Waals surface area contributed by atoms with Crippen LogP contribution in [0.3, 0.4) is 0 Å². The molecule has 2 aromatic rings. The molecule has 1 fully saturated rings. The topological polar surface area (TPSA) is 38.8 Å². The lowest BCUT2D eigenvalue weighted by atomic mass is 10.1.